The fourth-order valence-corrected chi connectivity index (χ4v) is 2.53. The van der Waals surface area contributed by atoms with Gasteiger partial charge in [-0.15, -0.1) is 0 Å². The van der Waals surface area contributed by atoms with Gasteiger partial charge in [0.05, 0.1) is 4.92 Å². The lowest BCUT2D eigenvalue weighted by molar-refractivity contribution is -0.383. The monoisotopic (exact) mass is 250 g/mol. The van der Waals surface area contributed by atoms with E-state index in [-0.39, 0.29) is 11.4 Å². The highest BCUT2D eigenvalue weighted by atomic mass is 16.6. The van der Waals surface area contributed by atoms with Crippen LogP contribution >= 0.6 is 0 Å². The first-order valence-electron chi connectivity index (χ1n) is 6.03. The second-order valence-corrected chi connectivity index (χ2v) is 4.85. The van der Waals surface area contributed by atoms with Crippen molar-refractivity contribution in [2.75, 3.05) is 23.7 Å². The summed E-state index contributed by atoms with van der Waals surface area (Å²) < 4.78 is 0. The summed E-state index contributed by atoms with van der Waals surface area (Å²) in [5.41, 5.74) is 6.56. The average molecular weight is 250 g/mol. The number of hydrogen-bond acceptors (Lipinski definition) is 5. The summed E-state index contributed by atoms with van der Waals surface area (Å²) in [6.07, 6.45) is 0. The second-order valence-electron chi connectivity index (χ2n) is 4.85. The normalized spacial score (nSPS) is 24.0. The Bertz CT molecular complexity index is 453. The van der Waals surface area contributed by atoms with Crippen LogP contribution < -0.4 is 16.0 Å². The Balaban J connectivity index is 2.38. The maximum Gasteiger partial charge on any atom is 0.315 e. The van der Waals surface area contributed by atoms with E-state index >= 15 is 0 Å². The largest absolute Gasteiger partial charge is 0.393 e. The number of piperazine rings is 1. The fourth-order valence-electron chi connectivity index (χ4n) is 2.53. The zero-order chi connectivity index (χ0) is 13.3. The molecule has 1 heterocycles. The van der Waals surface area contributed by atoms with Crippen molar-refractivity contribution < 1.29 is 4.92 Å². The molecule has 0 bridgehead atoms. The third kappa shape index (κ3) is 2.38. The molecule has 0 aliphatic carbocycles. The number of nitrogens with two attached hydrogens (primary N) is 1. The molecule has 1 fully saturated rings. The number of rotatable bonds is 2. The summed E-state index contributed by atoms with van der Waals surface area (Å²) in [4.78, 5) is 12.8. The first kappa shape index (κ1) is 12.6. The third-order valence-corrected chi connectivity index (χ3v) is 3.13. The van der Waals surface area contributed by atoms with E-state index < -0.39 is 4.92 Å². The molecule has 0 amide bonds. The number of nitrogens with one attached hydrogen (secondary N) is 1. The molecule has 2 atom stereocenters. The van der Waals surface area contributed by atoms with E-state index in [2.05, 4.69) is 19.2 Å². The van der Waals surface area contributed by atoms with E-state index in [1.165, 1.54) is 0 Å². The number of benzene rings is 1. The minimum absolute atomic E-state index is 0.0128. The molecule has 6 nitrogen and oxygen atoms in total. The zero-order valence-corrected chi connectivity index (χ0v) is 10.6. The molecular formula is C12H18N4O2. The van der Waals surface area contributed by atoms with E-state index in [0.29, 0.717) is 17.8 Å². The number of nitro benzene ring substituents is 1. The Labute approximate surface area is 106 Å². The molecule has 98 valence electrons. The van der Waals surface area contributed by atoms with Crippen molar-refractivity contribution in [1.29, 1.82) is 0 Å². The van der Waals surface area contributed by atoms with Gasteiger partial charge in [0.25, 0.3) is 0 Å². The van der Waals surface area contributed by atoms with Crippen LogP contribution in [0.5, 0.6) is 0 Å². The van der Waals surface area contributed by atoms with Gasteiger partial charge >= 0.3 is 5.69 Å². The molecule has 0 spiro atoms. The lowest BCUT2D eigenvalue weighted by atomic mass is 10.1. The van der Waals surface area contributed by atoms with Crippen LogP contribution in [-0.4, -0.2) is 30.1 Å². The number of nitrogens with zero attached hydrogens (tertiary/aromatic N) is 2. The quantitative estimate of drug-likeness (QED) is 0.470. The zero-order valence-electron chi connectivity index (χ0n) is 10.6. The number of hydrogen-bond donors (Lipinski definition) is 2. The van der Waals surface area contributed by atoms with Gasteiger partial charge in [-0.25, -0.2) is 0 Å². The molecule has 2 rings (SSSR count). The van der Waals surface area contributed by atoms with Gasteiger partial charge in [-0.1, -0.05) is 6.07 Å². The highest BCUT2D eigenvalue weighted by molar-refractivity contribution is 5.75. The maximum atomic E-state index is 11.1. The number of nitrogen functional groups attached to an aromatic ring is 1. The molecule has 1 aliphatic rings. The Hall–Kier alpha value is -1.82. The summed E-state index contributed by atoms with van der Waals surface area (Å²) in [5, 5.41) is 14.5. The van der Waals surface area contributed by atoms with E-state index in [1.54, 1.807) is 18.2 Å². The van der Waals surface area contributed by atoms with Crippen molar-refractivity contribution in [3.05, 3.63) is 28.3 Å². The SMILES string of the molecule is C[C@@H]1CN(c2cccc(N)c2[N+](=O)[O-])C[C@H](C)N1. The van der Waals surface area contributed by atoms with E-state index in [1.807, 2.05) is 4.90 Å². The second kappa shape index (κ2) is 4.81. The minimum atomic E-state index is -0.401. The van der Waals surface area contributed by atoms with Crippen molar-refractivity contribution in [3.8, 4) is 0 Å². The smallest absolute Gasteiger partial charge is 0.315 e. The van der Waals surface area contributed by atoms with Crippen LogP contribution in [0.4, 0.5) is 17.1 Å². The molecule has 3 N–H and O–H groups in total. The summed E-state index contributed by atoms with van der Waals surface area (Å²) in [6, 6.07) is 5.69. The van der Waals surface area contributed by atoms with Crippen LogP contribution in [0.1, 0.15) is 13.8 Å². The first-order valence-corrected chi connectivity index (χ1v) is 6.03. The molecule has 0 aromatic heterocycles. The average Bonchev–Trinajstić information content (AvgIpc) is 2.26. The molecule has 1 aromatic rings. The number of para-hydroxylation sites is 1. The summed E-state index contributed by atoms with van der Waals surface area (Å²) >= 11 is 0. The molecule has 0 saturated carbocycles. The summed E-state index contributed by atoms with van der Waals surface area (Å²) in [6.45, 7) is 5.63. The highest BCUT2D eigenvalue weighted by Crippen LogP contribution is 2.34. The molecule has 0 unspecified atom stereocenters. The minimum Gasteiger partial charge on any atom is -0.393 e. The number of nitro groups is 1. The molecule has 6 heteroatoms. The Kier molecular flexibility index (Phi) is 3.38. The van der Waals surface area contributed by atoms with Gasteiger partial charge in [0.1, 0.15) is 11.4 Å². The number of anilines is 2. The molecule has 0 radical (unpaired) electrons. The molecule has 1 aromatic carbocycles. The van der Waals surface area contributed by atoms with Crippen LogP contribution in [0, 0.1) is 10.1 Å². The van der Waals surface area contributed by atoms with Gasteiger partial charge in [-0.3, -0.25) is 10.1 Å². The van der Waals surface area contributed by atoms with Crippen molar-refractivity contribution in [3.63, 3.8) is 0 Å². The lowest BCUT2D eigenvalue weighted by Gasteiger charge is -2.37. The van der Waals surface area contributed by atoms with Gasteiger partial charge in [-0.2, -0.15) is 0 Å². The van der Waals surface area contributed by atoms with Crippen molar-refractivity contribution in [2.45, 2.75) is 25.9 Å². The fraction of sp³-hybridized carbons (Fsp3) is 0.500. The van der Waals surface area contributed by atoms with Gasteiger partial charge < -0.3 is 16.0 Å². The van der Waals surface area contributed by atoms with Gasteiger partial charge in [0.15, 0.2) is 0 Å². The van der Waals surface area contributed by atoms with E-state index in [9.17, 15) is 10.1 Å². The van der Waals surface area contributed by atoms with E-state index in [0.717, 1.165) is 13.1 Å². The van der Waals surface area contributed by atoms with Gasteiger partial charge in [0.2, 0.25) is 0 Å². The summed E-state index contributed by atoms with van der Waals surface area (Å²) in [7, 11) is 0. The Morgan fingerprint density at radius 2 is 2.00 bits per heavy atom. The van der Waals surface area contributed by atoms with Crippen LogP contribution in [0.3, 0.4) is 0 Å². The predicted octanol–water partition coefficient (Wildman–Crippen LogP) is 1.36. The molecular weight excluding hydrogens is 232 g/mol. The molecule has 1 saturated heterocycles. The predicted molar refractivity (Wildman–Crippen MR) is 71.8 cm³/mol. The molecule has 1 aliphatic heterocycles. The van der Waals surface area contributed by atoms with Crippen molar-refractivity contribution >= 4 is 17.1 Å². The third-order valence-electron chi connectivity index (χ3n) is 3.13. The van der Waals surface area contributed by atoms with Crippen LogP contribution in [0.2, 0.25) is 0 Å². The van der Waals surface area contributed by atoms with Crippen LogP contribution in [0.25, 0.3) is 0 Å². The van der Waals surface area contributed by atoms with E-state index in [4.69, 9.17) is 5.73 Å². The van der Waals surface area contributed by atoms with Gasteiger partial charge in [-0.05, 0) is 26.0 Å². The van der Waals surface area contributed by atoms with Crippen molar-refractivity contribution in [2.24, 2.45) is 0 Å². The first-order chi connectivity index (χ1) is 8.49. The molecule has 18 heavy (non-hydrogen) atoms. The van der Waals surface area contributed by atoms with Crippen LogP contribution in [-0.2, 0) is 0 Å². The standard InChI is InChI=1S/C12H18N4O2/c1-8-6-15(7-9(2)14-8)11-5-3-4-10(13)12(11)16(17)18/h3-5,8-9,14H,6-7,13H2,1-2H3/t8-,9+. The van der Waals surface area contributed by atoms with Gasteiger partial charge in [0, 0.05) is 25.2 Å². The topological polar surface area (TPSA) is 84.4 Å². The Morgan fingerprint density at radius 1 is 1.39 bits per heavy atom. The Morgan fingerprint density at radius 3 is 2.56 bits per heavy atom. The maximum absolute atomic E-state index is 11.1. The van der Waals surface area contributed by atoms with Crippen molar-refractivity contribution in [1.82, 2.24) is 5.32 Å². The van der Waals surface area contributed by atoms with Crippen LogP contribution in [0.15, 0.2) is 18.2 Å². The lowest BCUT2D eigenvalue weighted by Crippen LogP contribution is -2.54. The summed E-state index contributed by atoms with van der Waals surface area (Å²) in [5.74, 6) is 0. The highest BCUT2D eigenvalue weighted by Gasteiger charge is 2.27.